The summed E-state index contributed by atoms with van der Waals surface area (Å²) in [7, 11) is 0.699. The van der Waals surface area contributed by atoms with Crippen LogP contribution in [0.25, 0.3) is 0 Å². The van der Waals surface area contributed by atoms with Gasteiger partial charge in [-0.2, -0.15) is 0 Å². The highest BCUT2D eigenvalue weighted by atomic mass is 28.4. The van der Waals surface area contributed by atoms with Crippen molar-refractivity contribution >= 4 is 18.7 Å². The lowest BCUT2D eigenvalue weighted by Gasteiger charge is -2.54. The molecule has 0 aromatic heterocycles. The topological polar surface area (TPSA) is 105 Å². The molecule has 2 heterocycles. The van der Waals surface area contributed by atoms with E-state index in [2.05, 4.69) is 114 Å². The van der Waals surface area contributed by atoms with Crippen LogP contribution in [0.15, 0.2) is 108 Å². The number of rotatable bonds is 17. The second-order valence-electron chi connectivity index (χ2n) is 20.5. The Balaban J connectivity index is 1.18. The summed E-state index contributed by atoms with van der Waals surface area (Å²) in [6, 6.07) is 29.6. The molecule has 2 saturated heterocycles. The van der Waals surface area contributed by atoms with E-state index in [1.54, 1.807) is 7.11 Å². The summed E-state index contributed by atoms with van der Waals surface area (Å²) in [6.07, 6.45) is 7.63. The van der Waals surface area contributed by atoms with Crippen molar-refractivity contribution in [1.29, 1.82) is 0 Å². The molecular weight excluding hydrogens is 821 g/mol. The number of allylic oxidation sites excluding steroid dienone is 2. The fraction of sp³-hybridized carbons (Fsp3) is 0.593. The van der Waals surface area contributed by atoms with Gasteiger partial charge < -0.3 is 43.1 Å². The molecule has 0 bridgehead atoms. The fourth-order valence-electron chi connectivity index (χ4n) is 10.6. The maximum atomic E-state index is 12.1. The molecular formula is C54H78O9Si. The zero-order chi connectivity index (χ0) is 46.3. The SMILES string of the molecule is COc1ccc(CO[C@H]2CO[C@@]3(C[C@@H]([C@@H](C)[C@H](O)/C(C)=C/[C@@H]4CC[C@@H](O[Si](c5ccccc5)(c5ccccc5)C(C)(C)C)[C@H](OC)C4)OC(C)(C)O3)[C@@H](/C=C(\C)C[C@H](C)CO)C2)cc1. The highest BCUT2D eigenvalue weighted by Crippen LogP contribution is 2.48. The Hall–Kier alpha value is -3.16. The first kappa shape index (κ1) is 50.3. The third kappa shape index (κ3) is 11.9. The van der Waals surface area contributed by atoms with E-state index in [0.29, 0.717) is 26.1 Å². The Labute approximate surface area is 385 Å². The molecule has 3 aromatic carbocycles. The molecule has 64 heavy (non-hydrogen) atoms. The van der Waals surface area contributed by atoms with Crippen LogP contribution in [-0.2, 0) is 34.7 Å². The Morgan fingerprint density at radius 2 is 1.52 bits per heavy atom. The third-order valence-corrected chi connectivity index (χ3v) is 19.0. The van der Waals surface area contributed by atoms with Crippen LogP contribution >= 0.6 is 0 Å². The number of aliphatic hydroxyl groups excluding tert-OH is 2. The first-order valence-corrected chi connectivity index (χ1v) is 25.6. The molecule has 9 nitrogen and oxygen atoms in total. The lowest BCUT2D eigenvalue weighted by molar-refractivity contribution is -0.429. The minimum Gasteiger partial charge on any atom is -0.497 e. The molecule has 10 atom stereocenters. The lowest BCUT2D eigenvalue weighted by atomic mass is 9.78. The van der Waals surface area contributed by atoms with Crippen molar-refractivity contribution in [1.82, 2.24) is 0 Å². The van der Waals surface area contributed by atoms with Gasteiger partial charge in [0, 0.05) is 32.0 Å². The number of hydrogen-bond donors (Lipinski definition) is 2. The molecule has 3 fully saturated rings. The van der Waals surface area contributed by atoms with E-state index in [0.717, 1.165) is 42.6 Å². The highest BCUT2D eigenvalue weighted by Gasteiger charge is 2.56. The molecule has 3 aromatic rings. The third-order valence-electron chi connectivity index (χ3n) is 13.9. The van der Waals surface area contributed by atoms with E-state index in [9.17, 15) is 10.2 Å². The van der Waals surface area contributed by atoms with E-state index in [4.69, 9.17) is 32.8 Å². The van der Waals surface area contributed by atoms with Crippen LogP contribution in [0.3, 0.4) is 0 Å². The Bertz CT molecular complexity index is 1920. The van der Waals surface area contributed by atoms with Crippen LogP contribution in [0, 0.1) is 23.7 Å². The molecule has 1 aliphatic carbocycles. The molecule has 0 radical (unpaired) electrons. The van der Waals surface area contributed by atoms with Gasteiger partial charge in [-0.3, -0.25) is 0 Å². The Kier molecular flexibility index (Phi) is 17.0. The summed E-state index contributed by atoms with van der Waals surface area (Å²) in [5.41, 5.74) is 3.16. The fourth-order valence-corrected chi connectivity index (χ4v) is 15.3. The van der Waals surface area contributed by atoms with Crippen molar-refractivity contribution in [3.63, 3.8) is 0 Å². The minimum absolute atomic E-state index is 0.0698. The van der Waals surface area contributed by atoms with Crippen LogP contribution in [0.4, 0.5) is 0 Å². The number of ether oxygens (including phenoxy) is 6. The molecule has 2 N–H and O–H groups in total. The smallest absolute Gasteiger partial charge is 0.261 e. The second kappa shape index (κ2) is 21.6. The molecule has 1 spiro atoms. The van der Waals surface area contributed by atoms with Crippen molar-refractivity contribution in [3.05, 3.63) is 114 Å². The van der Waals surface area contributed by atoms with Gasteiger partial charge in [0.1, 0.15) is 5.75 Å². The lowest BCUT2D eigenvalue weighted by Crippen LogP contribution is -2.68. The van der Waals surface area contributed by atoms with Gasteiger partial charge in [0.2, 0.25) is 0 Å². The molecule has 0 unspecified atom stereocenters. The predicted octanol–water partition coefficient (Wildman–Crippen LogP) is 9.52. The highest BCUT2D eigenvalue weighted by molar-refractivity contribution is 6.99. The van der Waals surface area contributed by atoms with Gasteiger partial charge in [-0.05, 0) is 110 Å². The van der Waals surface area contributed by atoms with Gasteiger partial charge in [-0.25, -0.2) is 0 Å². The van der Waals surface area contributed by atoms with Gasteiger partial charge >= 0.3 is 0 Å². The van der Waals surface area contributed by atoms with E-state index < -0.39 is 26.0 Å². The normalized spacial score (nSPS) is 28.4. The molecule has 1 saturated carbocycles. The zero-order valence-electron chi connectivity index (χ0n) is 40.5. The number of aliphatic hydroxyl groups is 2. The van der Waals surface area contributed by atoms with Crippen LogP contribution in [0.1, 0.15) is 106 Å². The van der Waals surface area contributed by atoms with Crippen molar-refractivity contribution in [2.24, 2.45) is 23.7 Å². The van der Waals surface area contributed by atoms with Gasteiger partial charge in [0.15, 0.2) is 11.6 Å². The average molecular weight is 899 g/mol. The number of benzene rings is 3. The number of hydrogen-bond acceptors (Lipinski definition) is 9. The monoisotopic (exact) mass is 899 g/mol. The van der Waals surface area contributed by atoms with E-state index in [1.807, 2.05) is 52.1 Å². The maximum Gasteiger partial charge on any atom is 0.261 e. The summed E-state index contributed by atoms with van der Waals surface area (Å²) in [5.74, 6) is -1.20. The van der Waals surface area contributed by atoms with E-state index in [1.165, 1.54) is 15.9 Å². The van der Waals surface area contributed by atoms with Crippen molar-refractivity contribution < 1.29 is 43.1 Å². The summed E-state index contributed by atoms with van der Waals surface area (Å²) < 4.78 is 46.1. The second-order valence-corrected chi connectivity index (χ2v) is 24.7. The molecule has 2 aliphatic heterocycles. The van der Waals surface area contributed by atoms with Gasteiger partial charge in [-0.15, -0.1) is 0 Å². The van der Waals surface area contributed by atoms with Gasteiger partial charge in [0.25, 0.3) is 8.32 Å². The van der Waals surface area contributed by atoms with Crippen LogP contribution in [0.5, 0.6) is 5.75 Å². The number of methoxy groups -OCH3 is 2. The largest absolute Gasteiger partial charge is 0.497 e. The summed E-state index contributed by atoms with van der Waals surface area (Å²) >= 11 is 0. The molecule has 10 heteroatoms. The predicted molar refractivity (Wildman–Crippen MR) is 257 cm³/mol. The van der Waals surface area contributed by atoms with Crippen molar-refractivity contribution in [3.8, 4) is 5.75 Å². The summed E-state index contributed by atoms with van der Waals surface area (Å²) in [4.78, 5) is 0. The molecule has 3 aliphatic rings. The summed E-state index contributed by atoms with van der Waals surface area (Å²) in [6.45, 7) is 20.1. The Morgan fingerprint density at radius 1 is 0.875 bits per heavy atom. The quantitative estimate of drug-likeness (QED) is 0.101. The van der Waals surface area contributed by atoms with E-state index in [-0.39, 0.29) is 59.7 Å². The van der Waals surface area contributed by atoms with Gasteiger partial charge in [-0.1, -0.05) is 125 Å². The maximum absolute atomic E-state index is 12.1. The average Bonchev–Trinajstić information content (AvgIpc) is 3.28. The molecule has 6 rings (SSSR count). The summed E-state index contributed by atoms with van der Waals surface area (Å²) in [5, 5.41) is 24.4. The zero-order valence-corrected chi connectivity index (χ0v) is 41.5. The van der Waals surface area contributed by atoms with Crippen LogP contribution < -0.4 is 15.1 Å². The molecule has 352 valence electrons. The first-order valence-electron chi connectivity index (χ1n) is 23.6. The van der Waals surface area contributed by atoms with Crippen LogP contribution in [-0.4, -0.2) is 88.1 Å². The van der Waals surface area contributed by atoms with E-state index >= 15 is 0 Å². The van der Waals surface area contributed by atoms with Crippen molar-refractivity contribution in [2.45, 2.75) is 155 Å². The van der Waals surface area contributed by atoms with Crippen molar-refractivity contribution in [2.75, 3.05) is 27.4 Å². The standard InChI is InChI=1S/C54H78O9Si/c1-37(28-38(2)34-55)29-43-32-45(59-35-41-22-25-44(57-10)26-23-41)36-60-54(43)33-50(61-53(8,9)63-54)40(4)51(56)39(3)30-42-24-27-48(49(31-42)58-11)62-64(52(5,6)7,46-18-14-12-15-19-46)47-20-16-13-17-21-47/h12-23,25-26,29-30,38,40,42-43,45,48-51,55-56H,24,27-28,31-36H2,1-11H3/b37-29+,39-30+/t38-,40+,42-,43-,45+,48+,49+,50-,51+,54+/m0/s1. The first-order chi connectivity index (χ1) is 30.4. The van der Waals surface area contributed by atoms with Gasteiger partial charge in [0.05, 0.1) is 50.8 Å². The Morgan fingerprint density at radius 3 is 2.09 bits per heavy atom. The van der Waals surface area contributed by atoms with Crippen LogP contribution in [0.2, 0.25) is 5.04 Å². The molecule has 0 amide bonds. The minimum atomic E-state index is -2.77.